The van der Waals surface area contributed by atoms with Crippen LogP contribution in [-0.4, -0.2) is 34.7 Å². The molecule has 0 fully saturated rings. The summed E-state index contributed by atoms with van der Waals surface area (Å²) in [6.45, 7) is 6.71. The summed E-state index contributed by atoms with van der Waals surface area (Å²) in [7, 11) is 0. The van der Waals surface area contributed by atoms with Crippen molar-refractivity contribution in [1.29, 1.82) is 0 Å². The summed E-state index contributed by atoms with van der Waals surface area (Å²) in [6, 6.07) is 8.76. The summed E-state index contributed by atoms with van der Waals surface area (Å²) in [6.07, 6.45) is 1.35. The van der Waals surface area contributed by atoms with Gasteiger partial charge in [-0.25, -0.2) is 9.95 Å². The van der Waals surface area contributed by atoms with E-state index in [1.807, 2.05) is 44.2 Å². The van der Waals surface area contributed by atoms with Gasteiger partial charge in [-0.2, -0.15) is 4.98 Å². The third kappa shape index (κ3) is 8.77. The fourth-order valence-electron chi connectivity index (χ4n) is 2.95. The van der Waals surface area contributed by atoms with Crippen LogP contribution in [0.5, 0.6) is 0 Å². The van der Waals surface area contributed by atoms with Crippen LogP contribution >= 0.6 is 12.2 Å². The smallest absolute Gasteiger partial charge is 0.408 e. The minimum atomic E-state index is -0.643. The second-order valence-corrected chi connectivity index (χ2v) is 8.15. The van der Waals surface area contributed by atoms with Gasteiger partial charge in [-0.1, -0.05) is 51.1 Å². The van der Waals surface area contributed by atoms with Crippen LogP contribution in [0.15, 0.2) is 34.9 Å². The number of aromatic nitrogens is 2. The van der Waals surface area contributed by atoms with Crippen molar-refractivity contribution in [3.05, 3.63) is 46.6 Å². The van der Waals surface area contributed by atoms with Crippen LogP contribution < -0.4 is 10.6 Å². The van der Waals surface area contributed by atoms with Crippen molar-refractivity contribution in [3.63, 3.8) is 0 Å². The Balaban J connectivity index is 1.77. The highest BCUT2D eigenvalue weighted by Crippen LogP contribution is 2.09. The Bertz CT molecular complexity index is 850. The molecule has 2 aromatic rings. The molecule has 9 heteroatoms. The Morgan fingerprint density at radius 1 is 1.23 bits per heavy atom. The Kier molecular flexibility index (Phi) is 9.53. The van der Waals surface area contributed by atoms with Crippen molar-refractivity contribution in [2.75, 3.05) is 6.54 Å². The van der Waals surface area contributed by atoms with Crippen LogP contribution in [0.25, 0.3) is 0 Å². The van der Waals surface area contributed by atoms with Crippen molar-refractivity contribution in [3.8, 4) is 0 Å². The lowest BCUT2D eigenvalue weighted by molar-refractivity contribution is -0.123. The standard InChI is InChI=1S/C21H30N4O4S/c1-14(2)11-17(23-20(27)28-13-16-7-5-4-6-8-16)19(26)22-10-9-15(3)12-18-24-21(30)29-25-18/h4-8,14-15,17H,9-13H2,1-3H3,(H,22,26)(H,23,27)(H,24,25,30)/t15?,17-/m0/s1. The van der Waals surface area contributed by atoms with E-state index < -0.39 is 12.1 Å². The molecule has 2 atom stereocenters. The van der Waals surface area contributed by atoms with Crippen molar-refractivity contribution < 1.29 is 18.8 Å². The van der Waals surface area contributed by atoms with E-state index in [-0.39, 0.29) is 29.2 Å². The summed E-state index contributed by atoms with van der Waals surface area (Å²) in [4.78, 5) is 29.0. The van der Waals surface area contributed by atoms with E-state index >= 15 is 0 Å². The fourth-order valence-corrected chi connectivity index (χ4v) is 3.10. The Morgan fingerprint density at radius 2 is 1.97 bits per heavy atom. The lowest BCUT2D eigenvalue weighted by atomic mass is 10.0. The first-order chi connectivity index (χ1) is 14.3. The maximum absolute atomic E-state index is 12.6. The number of carbonyl (C=O) groups is 2. The summed E-state index contributed by atoms with van der Waals surface area (Å²) >= 11 is 4.84. The third-order valence-electron chi connectivity index (χ3n) is 4.49. The molecule has 0 radical (unpaired) electrons. The molecular formula is C21H30N4O4S. The zero-order valence-corrected chi connectivity index (χ0v) is 18.5. The number of ether oxygens (including phenoxy) is 1. The van der Waals surface area contributed by atoms with Gasteiger partial charge in [-0.15, -0.1) is 0 Å². The van der Waals surface area contributed by atoms with Crippen molar-refractivity contribution in [1.82, 2.24) is 20.8 Å². The maximum atomic E-state index is 12.6. The number of nitrogens with zero attached hydrogens (tertiary/aromatic N) is 1. The molecule has 30 heavy (non-hydrogen) atoms. The molecule has 2 rings (SSSR count). The van der Waals surface area contributed by atoms with Gasteiger partial charge in [-0.3, -0.25) is 4.79 Å². The molecule has 3 N–H and O–H groups in total. The van der Waals surface area contributed by atoms with Crippen molar-refractivity contribution >= 4 is 24.2 Å². The van der Waals surface area contributed by atoms with Crippen molar-refractivity contribution in [2.24, 2.45) is 11.8 Å². The summed E-state index contributed by atoms with van der Waals surface area (Å²) in [5.74, 6) is 0.991. The van der Waals surface area contributed by atoms with Gasteiger partial charge in [0.25, 0.3) is 0 Å². The number of nitrogens with one attached hydrogen (secondary N) is 3. The lowest BCUT2D eigenvalue weighted by Gasteiger charge is -2.20. The topological polar surface area (TPSA) is 109 Å². The van der Waals surface area contributed by atoms with Gasteiger partial charge in [0.2, 0.25) is 5.91 Å². The Hall–Kier alpha value is -2.68. The van der Waals surface area contributed by atoms with Crippen LogP contribution in [0, 0.1) is 16.7 Å². The van der Waals surface area contributed by atoms with E-state index in [4.69, 9.17) is 21.5 Å². The second kappa shape index (κ2) is 12.1. The first-order valence-corrected chi connectivity index (χ1v) is 10.5. The molecule has 1 aromatic heterocycles. The molecule has 0 saturated carbocycles. The highest BCUT2D eigenvalue weighted by atomic mass is 32.1. The quantitative estimate of drug-likeness (QED) is 0.465. The molecule has 0 aliphatic carbocycles. The number of alkyl carbamates (subject to hydrolysis) is 1. The first-order valence-electron chi connectivity index (χ1n) is 10.1. The minimum absolute atomic E-state index is 0.158. The molecule has 1 aromatic carbocycles. The van der Waals surface area contributed by atoms with Gasteiger partial charge in [0, 0.05) is 13.0 Å². The third-order valence-corrected chi connectivity index (χ3v) is 4.66. The monoisotopic (exact) mass is 434 g/mol. The predicted molar refractivity (Wildman–Crippen MR) is 115 cm³/mol. The van der Waals surface area contributed by atoms with E-state index in [2.05, 4.69) is 27.7 Å². The van der Waals surface area contributed by atoms with E-state index in [0.717, 1.165) is 12.0 Å². The average Bonchev–Trinajstić information content (AvgIpc) is 3.10. The summed E-state index contributed by atoms with van der Waals surface area (Å²) in [5, 5.41) is 8.27. The molecule has 0 aliphatic rings. The van der Waals surface area contributed by atoms with Crippen LogP contribution in [-0.2, 0) is 22.6 Å². The molecule has 0 aliphatic heterocycles. The molecule has 0 saturated heterocycles. The number of hydrogen-bond acceptors (Lipinski definition) is 6. The number of carbonyl (C=O) groups excluding carboxylic acids is 2. The van der Waals surface area contributed by atoms with E-state index in [0.29, 0.717) is 25.2 Å². The number of benzene rings is 1. The summed E-state index contributed by atoms with van der Waals surface area (Å²) in [5.41, 5.74) is 0.888. The molecule has 0 spiro atoms. The second-order valence-electron chi connectivity index (χ2n) is 7.81. The number of aromatic amines is 1. The molecule has 1 unspecified atom stereocenters. The molecular weight excluding hydrogens is 404 g/mol. The van der Waals surface area contributed by atoms with Crippen LogP contribution in [0.3, 0.4) is 0 Å². The predicted octanol–water partition coefficient (Wildman–Crippen LogP) is 3.76. The summed E-state index contributed by atoms with van der Waals surface area (Å²) < 4.78 is 10.2. The van der Waals surface area contributed by atoms with Gasteiger partial charge < -0.3 is 19.9 Å². The highest BCUT2D eigenvalue weighted by molar-refractivity contribution is 7.71. The van der Waals surface area contributed by atoms with Crippen LogP contribution in [0.2, 0.25) is 0 Å². The molecule has 2 amide bonds. The molecule has 1 heterocycles. The van der Waals surface area contributed by atoms with Crippen LogP contribution in [0.4, 0.5) is 4.79 Å². The number of amides is 2. The normalized spacial score (nSPS) is 12.9. The maximum Gasteiger partial charge on any atom is 0.408 e. The van der Waals surface area contributed by atoms with Crippen LogP contribution in [0.1, 0.15) is 45.0 Å². The largest absolute Gasteiger partial charge is 0.445 e. The molecule has 164 valence electrons. The first kappa shape index (κ1) is 23.6. The Morgan fingerprint density at radius 3 is 2.60 bits per heavy atom. The van der Waals surface area contributed by atoms with E-state index in [9.17, 15) is 9.59 Å². The molecule has 8 nitrogen and oxygen atoms in total. The van der Waals surface area contributed by atoms with Gasteiger partial charge in [0.15, 0.2) is 0 Å². The average molecular weight is 435 g/mol. The lowest BCUT2D eigenvalue weighted by Crippen LogP contribution is -2.47. The SMILES string of the molecule is CC(C)C[C@H](NC(=O)OCc1ccccc1)C(=O)NCCC(C)Cc1nc(=S)o[nH]1. The van der Waals surface area contributed by atoms with Gasteiger partial charge in [0.1, 0.15) is 18.5 Å². The fraction of sp³-hybridized carbons (Fsp3) is 0.524. The zero-order chi connectivity index (χ0) is 21.9. The zero-order valence-electron chi connectivity index (χ0n) is 17.6. The minimum Gasteiger partial charge on any atom is -0.445 e. The van der Waals surface area contributed by atoms with Gasteiger partial charge in [0.05, 0.1) is 0 Å². The molecule has 0 bridgehead atoms. The highest BCUT2D eigenvalue weighted by Gasteiger charge is 2.22. The number of hydrogen-bond donors (Lipinski definition) is 3. The van der Waals surface area contributed by atoms with Gasteiger partial charge >= 0.3 is 10.9 Å². The van der Waals surface area contributed by atoms with Crippen molar-refractivity contribution in [2.45, 2.75) is 52.7 Å². The van der Waals surface area contributed by atoms with E-state index in [1.165, 1.54) is 0 Å². The van der Waals surface area contributed by atoms with Gasteiger partial charge in [-0.05, 0) is 42.5 Å². The number of H-pyrrole nitrogens is 1. The van der Waals surface area contributed by atoms with E-state index in [1.54, 1.807) is 0 Å². The number of rotatable bonds is 11. The Labute approximate surface area is 181 Å².